The summed E-state index contributed by atoms with van der Waals surface area (Å²) in [5.41, 5.74) is -0.0753. The van der Waals surface area contributed by atoms with E-state index in [9.17, 15) is 9.90 Å². The van der Waals surface area contributed by atoms with E-state index in [-0.39, 0.29) is 0 Å². The van der Waals surface area contributed by atoms with Crippen LogP contribution in [-0.2, 0) is 14.1 Å². The molecule has 1 aromatic heterocycles. The first-order valence-corrected chi connectivity index (χ1v) is 9.15. The van der Waals surface area contributed by atoms with Gasteiger partial charge in [0.25, 0.3) is 5.91 Å². The molecule has 0 bridgehead atoms. The molecule has 3 heterocycles. The van der Waals surface area contributed by atoms with Gasteiger partial charge in [-0.05, 0) is 27.7 Å². The molecule has 148 valence electrons. The number of aliphatic hydroxyl groups is 2. The van der Waals surface area contributed by atoms with Gasteiger partial charge in [0.2, 0.25) is 5.95 Å². The zero-order chi connectivity index (χ0) is 19.8. The normalized spacial score (nSPS) is 22.8. The van der Waals surface area contributed by atoms with Crippen molar-refractivity contribution in [1.29, 1.82) is 0 Å². The molecule has 0 radical (unpaired) electrons. The Morgan fingerprint density at radius 1 is 1.15 bits per heavy atom. The molecule has 2 fully saturated rings. The molecular weight excluding hydrogens is 351 g/mol. The molecule has 0 aliphatic carbocycles. The van der Waals surface area contributed by atoms with Crippen molar-refractivity contribution in [3.63, 3.8) is 0 Å². The van der Waals surface area contributed by atoms with E-state index in [0.29, 0.717) is 32.1 Å². The van der Waals surface area contributed by atoms with Gasteiger partial charge in [-0.25, -0.2) is 9.97 Å². The van der Waals surface area contributed by atoms with Crippen molar-refractivity contribution >= 4 is 24.4 Å². The Labute approximate surface area is 159 Å². The van der Waals surface area contributed by atoms with Crippen molar-refractivity contribution in [2.45, 2.75) is 45.0 Å². The van der Waals surface area contributed by atoms with Gasteiger partial charge < -0.3 is 29.3 Å². The van der Waals surface area contributed by atoms with Crippen LogP contribution in [0.15, 0.2) is 12.4 Å². The molecule has 10 heteroatoms. The van der Waals surface area contributed by atoms with Crippen LogP contribution < -0.4 is 10.4 Å². The average Bonchev–Trinajstić information content (AvgIpc) is 2.88. The Hall–Kier alpha value is -1.75. The van der Waals surface area contributed by atoms with Crippen LogP contribution in [-0.4, -0.2) is 88.2 Å². The first kappa shape index (κ1) is 20.0. The molecule has 1 amide bonds. The minimum atomic E-state index is -1.35. The predicted molar refractivity (Wildman–Crippen MR) is 99.6 cm³/mol. The van der Waals surface area contributed by atoms with E-state index in [0.717, 1.165) is 5.46 Å². The summed E-state index contributed by atoms with van der Waals surface area (Å²) in [7, 11) is -0.501. The topological polar surface area (TPSA) is 108 Å². The number of anilines is 1. The monoisotopic (exact) mass is 378 g/mol. The molecule has 27 heavy (non-hydrogen) atoms. The van der Waals surface area contributed by atoms with Crippen molar-refractivity contribution in [1.82, 2.24) is 14.9 Å². The first-order chi connectivity index (χ1) is 12.6. The highest BCUT2D eigenvalue weighted by Crippen LogP contribution is 2.36. The van der Waals surface area contributed by atoms with Gasteiger partial charge in [0.1, 0.15) is 0 Å². The van der Waals surface area contributed by atoms with E-state index in [4.69, 9.17) is 14.4 Å². The van der Waals surface area contributed by atoms with Crippen LogP contribution in [0.25, 0.3) is 0 Å². The van der Waals surface area contributed by atoms with Gasteiger partial charge in [-0.3, -0.25) is 4.79 Å². The molecule has 2 N–H and O–H groups in total. The van der Waals surface area contributed by atoms with Crippen molar-refractivity contribution in [2.24, 2.45) is 0 Å². The molecule has 9 nitrogen and oxygen atoms in total. The number of hydrogen-bond acceptors (Lipinski definition) is 8. The minimum Gasteiger partial charge on any atom is -0.399 e. The number of piperazine rings is 1. The van der Waals surface area contributed by atoms with Gasteiger partial charge in [0.15, 0.2) is 6.10 Å². The highest BCUT2D eigenvalue weighted by Gasteiger charge is 2.52. The standard InChI is InChI=1S/C17H27BN4O5/c1-16(2)17(3,4)27-18(26-16)12-9-19-15(20-10-12)22-7-5-21(6-8-22)14(25)13(24)11-23/h9-10,13,23-24H,5-8,11H2,1-4H3/t13-/m1/s1. The Bertz CT molecular complexity index is 660. The fraction of sp³-hybridized carbons (Fsp3) is 0.706. The zero-order valence-electron chi connectivity index (χ0n) is 16.3. The second-order valence-corrected chi connectivity index (χ2v) is 7.92. The molecule has 2 saturated heterocycles. The van der Waals surface area contributed by atoms with Gasteiger partial charge in [-0.1, -0.05) is 0 Å². The van der Waals surface area contributed by atoms with E-state index in [1.165, 1.54) is 4.90 Å². The third kappa shape index (κ3) is 3.93. The van der Waals surface area contributed by atoms with Crippen LogP contribution in [0.3, 0.4) is 0 Å². The lowest BCUT2D eigenvalue weighted by Gasteiger charge is -2.35. The lowest BCUT2D eigenvalue weighted by molar-refractivity contribution is -0.142. The summed E-state index contributed by atoms with van der Waals surface area (Å²) >= 11 is 0. The molecule has 2 aliphatic rings. The summed E-state index contributed by atoms with van der Waals surface area (Å²) in [5.74, 6) is 0.124. The Morgan fingerprint density at radius 3 is 2.15 bits per heavy atom. The number of carbonyl (C=O) groups is 1. The Kier molecular flexibility index (Phi) is 5.44. The van der Waals surface area contributed by atoms with Gasteiger partial charge in [-0.15, -0.1) is 0 Å². The summed E-state index contributed by atoms with van der Waals surface area (Å²) in [6.45, 7) is 9.42. The highest BCUT2D eigenvalue weighted by molar-refractivity contribution is 6.61. The third-order valence-electron chi connectivity index (χ3n) is 5.52. The number of rotatable bonds is 4. The average molecular weight is 378 g/mol. The van der Waals surface area contributed by atoms with Crippen molar-refractivity contribution in [2.75, 3.05) is 37.7 Å². The quantitative estimate of drug-likeness (QED) is 0.628. The zero-order valence-corrected chi connectivity index (χ0v) is 16.3. The van der Waals surface area contributed by atoms with Gasteiger partial charge in [-0.2, -0.15) is 0 Å². The third-order valence-corrected chi connectivity index (χ3v) is 5.52. The first-order valence-electron chi connectivity index (χ1n) is 9.15. The summed E-state index contributed by atoms with van der Waals surface area (Å²) in [4.78, 5) is 24.3. The van der Waals surface area contributed by atoms with E-state index in [1.807, 2.05) is 32.6 Å². The smallest absolute Gasteiger partial charge is 0.399 e. The van der Waals surface area contributed by atoms with Crippen molar-refractivity contribution in [3.05, 3.63) is 12.4 Å². The van der Waals surface area contributed by atoms with E-state index in [2.05, 4.69) is 9.97 Å². The maximum Gasteiger partial charge on any atom is 0.498 e. The molecule has 0 spiro atoms. The summed E-state index contributed by atoms with van der Waals surface area (Å²) < 4.78 is 12.0. The van der Waals surface area contributed by atoms with Crippen LogP contribution in [0.2, 0.25) is 0 Å². The Morgan fingerprint density at radius 2 is 1.67 bits per heavy atom. The lowest BCUT2D eigenvalue weighted by Crippen LogP contribution is -2.52. The Balaban J connectivity index is 1.60. The second-order valence-electron chi connectivity index (χ2n) is 7.92. The summed E-state index contributed by atoms with van der Waals surface area (Å²) in [6.07, 6.45) is 2.06. The predicted octanol–water partition coefficient (Wildman–Crippen LogP) is -1.22. The molecule has 0 saturated carbocycles. The molecular formula is C17H27BN4O5. The number of aliphatic hydroxyl groups excluding tert-OH is 2. The highest BCUT2D eigenvalue weighted by atomic mass is 16.7. The van der Waals surface area contributed by atoms with E-state index in [1.54, 1.807) is 12.4 Å². The largest absolute Gasteiger partial charge is 0.498 e. The lowest BCUT2D eigenvalue weighted by atomic mass is 9.81. The SMILES string of the molecule is CC1(C)OB(c2cnc(N3CCN(C(=O)[C@H](O)CO)CC3)nc2)OC1(C)C. The molecule has 1 aromatic rings. The number of hydrogen-bond donors (Lipinski definition) is 2. The molecule has 1 atom stereocenters. The van der Waals surface area contributed by atoms with Crippen molar-refractivity contribution < 1.29 is 24.3 Å². The van der Waals surface area contributed by atoms with Crippen LogP contribution in [0.1, 0.15) is 27.7 Å². The summed E-state index contributed by atoms with van der Waals surface area (Å²) in [5, 5.41) is 18.4. The number of aromatic nitrogens is 2. The molecule has 0 unspecified atom stereocenters. The van der Waals surface area contributed by atoms with Crippen LogP contribution in [0.5, 0.6) is 0 Å². The van der Waals surface area contributed by atoms with Gasteiger partial charge >= 0.3 is 7.12 Å². The molecule has 2 aliphatic heterocycles. The van der Waals surface area contributed by atoms with Gasteiger partial charge in [0, 0.05) is 44.0 Å². The van der Waals surface area contributed by atoms with Crippen LogP contribution in [0, 0.1) is 0 Å². The fourth-order valence-electron chi connectivity index (χ4n) is 3.01. The maximum atomic E-state index is 11.9. The molecule has 3 rings (SSSR count). The second kappa shape index (κ2) is 7.35. The summed E-state index contributed by atoms with van der Waals surface area (Å²) in [6, 6.07) is 0. The number of nitrogens with zero attached hydrogens (tertiary/aromatic N) is 4. The maximum absolute atomic E-state index is 11.9. The fourth-order valence-corrected chi connectivity index (χ4v) is 3.01. The number of amides is 1. The number of carbonyl (C=O) groups excluding carboxylic acids is 1. The van der Waals surface area contributed by atoms with Gasteiger partial charge in [0.05, 0.1) is 17.8 Å². The molecule has 0 aromatic carbocycles. The van der Waals surface area contributed by atoms with E-state index >= 15 is 0 Å². The minimum absolute atomic E-state index is 0.418. The van der Waals surface area contributed by atoms with Crippen LogP contribution in [0.4, 0.5) is 5.95 Å². The van der Waals surface area contributed by atoms with Crippen LogP contribution >= 0.6 is 0 Å². The van der Waals surface area contributed by atoms with Crippen molar-refractivity contribution in [3.8, 4) is 0 Å². The van der Waals surface area contributed by atoms with E-state index < -0.39 is 36.9 Å².